The van der Waals surface area contributed by atoms with E-state index in [-0.39, 0.29) is 0 Å². The van der Waals surface area contributed by atoms with Gasteiger partial charge in [0.25, 0.3) is 0 Å². The lowest BCUT2D eigenvalue weighted by atomic mass is 9.92. The Morgan fingerprint density at radius 1 is 1.30 bits per heavy atom. The number of methoxy groups -OCH3 is 1. The molecule has 3 rings (SSSR count). The number of fused-ring (bicyclic) bond motifs is 1. The van der Waals surface area contributed by atoms with Gasteiger partial charge in [0, 0.05) is 30.8 Å². The van der Waals surface area contributed by atoms with Crippen LogP contribution in [0.1, 0.15) is 16.8 Å². The minimum absolute atomic E-state index is 0.678. The second-order valence-corrected chi connectivity index (χ2v) is 6.42. The number of benzene rings is 1. The van der Waals surface area contributed by atoms with Crippen LogP contribution in [-0.4, -0.2) is 36.8 Å². The first-order valence-electron chi connectivity index (χ1n) is 7.50. The van der Waals surface area contributed by atoms with E-state index in [1.165, 1.54) is 17.3 Å². The summed E-state index contributed by atoms with van der Waals surface area (Å²) in [6.07, 6.45) is 2.90. The van der Waals surface area contributed by atoms with Crippen LogP contribution in [0.4, 0.5) is 0 Å². The highest BCUT2D eigenvalue weighted by atomic mass is 32.2. The Morgan fingerprint density at radius 2 is 2.04 bits per heavy atom. The quantitative estimate of drug-likeness (QED) is 0.810. The highest BCUT2D eigenvalue weighted by Crippen LogP contribution is 2.36. The lowest BCUT2D eigenvalue weighted by Gasteiger charge is -2.27. The monoisotopic (exact) mass is 325 g/mol. The predicted octanol–water partition coefficient (Wildman–Crippen LogP) is 3.34. The summed E-state index contributed by atoms with van der Waals surface area (Å²) in [5.74, 6) is 0.817. The Balaban J connectivity index is 2.25. The number of hydrogen-bond acceptors (Lipinski definition) is 5. The maximum Gasteiger partial charge on any atom is 0.118 e. The van der Waals surface area contributed by atoms with Crippen molar-refractivity contribution in [3.8, 4) is 22.9 Å². The van der Waals surface area contributed by atoms with Crippen LogP contribution in [0.15, 0.2) is 29.3 Å². The predicted molar refractivity (Wildman–Crippen MR) is 92.8 cm³/mol. The zero-order valence-corrected chi connectivity index (χ0v) is 14.4. The van der Waals surface area contributed by atoms with E-state index in [2.05, 4.69) is 18.0 Å². The number of nitrogens with zero attached hydrogens (tertiary/aromatic N) is 3. The van der Waals surface area contributed by atoms with Crippen molar-refractivity contribution in [2.75, 3.05) is 27.0 Å². The molecule has 0 saturated carbocycles. The Morgan fingerprint density at radius 3 is 2.65 bits per heavy atom. The van der Waals surface area contributed by atoms with Gasteiger partial charge >= 0.3 is 0 Å². The van der Waals surface area contributed by atoms with Crippen molar-refractivity contribution in [2.24, 2.45) is 0 Å². The van der Waals surface area contributed by atoms with E-state index in [9.17, 15) is 5.26 Å². The number of hydrogen-bond donors (Lipinski definition) is 0. The van der Waals surface area contributed by atoms with E-state index in [0.717, 1.165) is 47.1 Å². The van der Waals surface area contributed by atoms with E-state index in [1.54, 1.807) is 7.11 Å². The van der Waals surface area contributed by atoms with Crippen LogP contribution >= 0.6 is 11.8 Å². The Kier molecular flexibility index (Phi) is 4.56. The molecule has 0 radical (unpaired) electrons. The maximum absolute atomic E-state index is 9.72. The molecule has 2 heterocycles. The van der Waals surface area contributed by atoms with Crippen LogP contribution in [0, 0.1) is 11.3 Å². The van der Waals surface area contributed by atoms with Gasteiger partial charge in [-0.1, -0.05) is 12.1 Å². The normalized spacial score (nSPS) is 14.2. The fourth-order valence-electron chi connectivity index (χ4n) is 3.00. The largest absolute Gasteiger partial charge is 0.497 e. The molecule has 5 heteroatoms. The fraction of sp³-hybridized carbons (Fsp3) is 0.333. The van der Waals surface area contributed by atoms with Gasteiger partial charge in [0.1, 0.15) is 16.8 Å². The van der Waals surface area contributed by atoms with Gasteiger partial charge in [-0.15, -0.1) is 11.8 Å². The molecule has 0 N–H and O–H groups in total. The summed E-state index contributed by atoms with van der Waals surface area (Å²) in [4.78, 5) is 7.02. The lowest BCUT2D eigenvalue weighted by molar-refractivity contribution is 0.309. The first-order valence-corrected chi connectivity index (χ1v) is 8.73. The highest BCUT2D eigenvalue weighted by molar-refractivity contribution is 7.98. The molecular weight excluding hydrogens is 306 g/mol. The molecular formula is C18H19N3OS. The zero-order valence-electron chi connectivity index (χ0n) is 13.6. The summed E-state index contributed by atoms with van der Waals surface area (Å²) >= 11 is 1.54. The molecule has 0 aliphatic carbocycles. The highest BCUT2D eigenvalue weighted by Gasteiger charge is 2.24. The Hall–Kier alpha value is -2.03. The van der Waals surface area contributed by atoms with Gasteiger partial charge in [-0.05, 0) is 36.6 Å². The van der Waals surface area contributed by atoms with E-state index >= 15 is 0 Å². The minimum atomic E-state index is 0.678. The summed E-state index contributed by atoms with van der Waals surface area (Å²) in [5, 5.41) is 10.5. The average molecular weight is 325 g/mol. The number of nitriles is 1. The van der Waals surface area contributed by atoms with Gasteiger partial charge in [0.2, 0.25) is 0 Å². The van der Waals surface area contributed by atoms with Crippen LogP contribution in [0.25, 0.3) is 11.1 Å². The summed E-state index contributed by atoms with van der Waals surface area (Å²) in [6, 6.07) is 10.3. The summed E-state index contributed by atoms with van der Waals surface area (Å²) in [6.45, 7) is 1.83. The second kappa shape index (κ2) is 6.61. The third kappa shape index (κ3) is 2.92. The number of rotatable bonds is 3. The Labute approximate surface area is 141 Å². The molecule has 0 saturated heterocycles. The number of pyridine rings is 1. The summed E-state index contributed by atoms with van der Waals surface area (Å²) < 4.78 is 5.25. The summed E-state index contributed by atoms with van der Waals surface area (Å²) in [5.41, 5.74) is 5.05. The molecule has 23 heavy (non-hydrogen) atoms. The van der Waals surface area contributed by atoms with Crippen LogP contribution in [0.3, 0.4) is 0 Å². The number of thioether (sulfide) groups is 1. The van der Waals surface area contributed by atoms with E-state index in [0.29, 0.717) is 5.56 Å². The molecule has 0 bridgehead atoms. The molecule has 1 aliphatic heterocycles. The van der Waals surface area contributed by atoms with Crippen molar-refractivity contribution in [2.45, 2.75) is 18.0 Å². The molecule has 118 valence electrons. The Bertz CT molecular complexity index is 765. The molecule has 1 aromatic carbocycles. The standard InChI is InChI=1S/C18H19N3OS/c1-21-9-8-16-15(11-21)17(14(10-19)18(20-16)23-3)12-4-6-13(22-2)7-5-12/h4-7H,8-9,11H2,1-3H3. The molecule has 4 nitrogen and oxygen atoms in total. The van der Waals surface area contributed by atoms with Crippen molar-refractivity contribution in [1.29, 1.82) is 5.26 Å². The van der Waals surface area contributed by atoms with Gasteiger partial charge in [-0.2, -0.15) is 5.26 Å². The molecule has 0 atom stereocenters. The van der Waals surface area contributed by atoms with Crippen LogP contribution in [0.5, 0.6) is 5.75 Å². The average Bonchev–Trinajstić information content (AvgIpc) is 2.60. The zero-order chi connectivity index (χ0) is 16.4. The van der Waals surface area contributed by atoms with E-state index in [1.807, 2.05) is 30.5 Å². The third-order valence-electron chi connectivity index (χ3n) is 4.19. The number of ether oxygens (including phenoxy) is 1. The van der Waals surface area contributed by atoms with Crippen LogP contribution < -0.4 is 4.74 Å². The van der Waals surface area contributed by atoms with Crippen LogP contribution in [-0.2, 0) is 13.0 Å². The van der Waals surface area contributed by atoms with Crippen molar-refractivity contribution in [1.82, 2.24) is 9.88 Å². The summed E-state index contributed by atoms with van der Waals surface area (Å²) in [7, 11) is 3.76. The first kappa shape index (κ1) is 15.9. The van der Waals surface area contributed by atoms with Gasteiger partial charge in [-0.3, -0.25) is 0 Å². The molecule has 1 aromatic heterocycles. The van der Waals surface area contributed by atoms with Crippen molar-refractivity contribution >= 4 is 11.8 Å². The van der Waals surface area contributed by atoms with Crippen molar-refractivity contribution in [3.63, 3.8) is 0 Å². The molecule has 2 aromatic rings. The van der Waals surface area contributed by atoms with Gasteiger partial charge in [0.05, 0.1) is 12.7 Å². The molecule has 0 fully saturated rings. The first-order chi connectivity index (χ1) is 11.2. The molecule has 0 spiro atoms. The fourth-order valence-corrected chi connectivity index (χ4v) is 3.55. The van der Waals surface area contributed by atoms with Gasteiger partial charge < -0.3 is 9.64 Å². The molecule has 1 aliphatic rings. The topological polar surface area (TPSA) is 49.1 Å². The van der Waals surface area contributed by atoms with Crippen LogP contribution in [0.2, 0.25) is 0 Å². The van der Waals surface area contributed by atoms with Crippen molar-refractivity contribution < 1.29 is 4.74 Å². The molecule has 0 amide bonds. The van der Waals surface area contributed by atoms with Gasteiger partial charge in [0.15, 0.2) is 0 Å². The minimum Gasteiger partial charge on any atom is -0.497 e. The number of likely N-dealkylation sites (N-methyl/N-ethyl adjacent to an activating group) is 1. The SMILES string of the molecule is COc1ccc(-c2c(C#N)c(SC)nc3c2CN(C)CC3)cc1. The van der Waals surface area contributed by atoms with E-state index in [4.69, 9.17) is 9.72 Å². The van der Waals surface area contributed by atoms with Crippen molar-refractivity contribution in [3.05, 3.63) is 41.1 Å². The third-order valence-corrected chi connectivity index (χ3v) is 4.87. The maximum atomic E-state index is 9.72. The van der Waals surface area contributed by atoms with Gasteiger partial charge in [-0.25, -0.2) is 4.98 Å². The second-order valence-electron chi connectivity index (χ2n) is 5.62. The van der Waals surface area contributed by atoms with E-state index < -0.39 is 0 Å². The number of aromatic nitrogens is 1. The smallest absolute Gasteiger partial charge is 0.118 e. The molecule has 0 unspecified atom stereocenters. The lowest BCUT2D eigenvalue weighted by Crippen LogP contribution is -2.28.